The Kier molecular flexibility index (Phi) is 7.94. The zero-order valence-electron chi connectivity index (χ0n) is 18.7. The summed E-state index contributed by atoms with van der Waals surface area (Å²) in [6.07, 6.45) is -0.363. The van der Waals surface area contributed by atoms with Crippen LogP contribution < -0.4 is 10.6 Å². The molecule has 0 aliphatic carbocycles. The van der Waals surface area contributed by atoms with Crippen molar-refractivity contribution in [3.05, 3.63) is 34.9 Å². The second kappa shape index (κ2) is 9.87. The first-order chi connectivity index (χ1) is 14.4. The highest BCUT2D eigenvalue weighted by molar-refractivity contribution is 6.30. The minimum atomic E-state index is -1.12. The van der Waals surface area contributed by atoms with Crippen LogP contribution in [-0.4, -0.2) is 60.7 Å². The highest BCUT2D eigenvalue weighted by Crippen LogP contribution is 2.46. The molecule has 9 heteroatoms. The van der Waals surface area contributed by atoms with E-state index in [1.54, 1.807) is 17.0 Å². The smallest absolute Gasteiger partial charge is 0.407 e. The summed E-state index contributed by atoms with van der Waals surface area (Å²) in [6.45, 7) is 7.91. The summed E-state index contributed by atoms with van der Waals surface area (Å²) in [6, 6.07) is 6.37. The van der Waals surface area contributed by atoms with Gasteiger partial charge in [0.2, 0.25) is 11.8 Å². The monoisotopic (exact) mass is 453 g/mol. The Hall–Kier alpha value is -2.32. The number of rotatable bonds is 6. The summed E-state index contributed by atoms with van der Waals surface area (Å²) in [5.74, 6) is -0.853. The molecule has 2 atom stereocenters. The second-order valence-corrected chi connectivity index (χ2v) is 9.33. The molecule has 172 valence electrons. The molecule has 2 rings (SSSR count). The van der Waals surface area contributed by atoms with Crippen LogP contribution in [0.4, 0.5) is 4.79 Å². The first-order valence-corrected chi connectivity index (χ1v) is 10.7. The Balaban J connectivity index is 2.11. The molecule has 1 aliphatic rings. The van der Waals surface area contributed by atoms with E-state index >= 15 is 0 Å². The third kappa shape index (κ3) is 5.68. The van der Waals surface area contributed by atoms with Gasteiger partial charge in [0.05, 0.1) is 12.7 Å². The minimum absolute atomic E-state index is 0.158. The van der Waals surface area contributed by atoms with Gasteiger partial charge < -0.3 is 25.4 Å². The van der Waals surface area contributed by atoms with E-state index < -0.39 is 29.1 Å². The molecule has 1 aliphatic heterocycles. The second-order valence-electron chi connectivity index (χ2n) is 8.90. The van der Waals surface area contributed by atoms with Gasteiger partial charge in [-0.2, -0.15) is 0 Å². The van der Waals surface area contributed by atoms with E-state index in [2.05, 4.69) is 15.4 Å². The molecular formula is C22H32ClN3O5. The van der Waals surface area contributed by atoms with Gasteiger partial charge in [0.25, 0.3) is 0 Å². The Labute approximate surface area is 188 Å². The quantitative estimate of drug-likeness (QED) is 0.612. The zero-order valence-corrected chi connectivity index (χ0v) is 19.5. The topological polar surface area (TPSA) is 108 Å². The third-order valence-electron chi connectivity index (χ3n) is 5.91. The van der Waals surface area contributed by atoms with Gasteiger partial charge >= 0.3 is 6.09 Å². The normalized spacial score (nSPS) is 21.4. The number of hydrogen-bond donors (Lipinski definition) is 3. The lowest BCUT2D eigenvalue weighted by molar-refractivity contribution is -0.156. The van der Waals surface area contributed by atoms with Gasteiger partial charge in [-0.3, -0.25) is 9.59 Å². The van der Waals surface area contributed by atoms with Crippen LogP contribution in [0.3, 0.4) is 0 Å². The van der Waals surface area contributed by atoms with Gasteiger partial charge in [-0.15, -0.1) is 0 Å². The summed E-state index contributed by atoms with van der Waals surface area (Å²) >= 11 is 5.99. The van der Waals surface area contributed by atoms with E-state index in [0.717, 1.165) is 5.56 Å². The maximum absolute atomic E-state index is 13.2. The van der Waals surface area contributed by atoms with Crippen LogP contribution >= 0.6 is 11.6 Å². The molecule has 8 nitrogen and oxygen atoms in total. The van der Waals surface area contributed by atoms with Crippen molar-refractivity contribution in [1.29, 1.82) is 0 Å². The Morgan fingerprint density at radius 3 is 2.35 bits per heavy atom. The number of alkyl carbamates (subject to hydrolysis) is 1. The molecule has 0 radical (unpaired) electrons. The molecule has 0 aromatic heterocycles. The summed E-state index contributed by atoms with van der Waals surface area (Å²) in [4.78, 5) is 38.3. The van der Waals surface area contributed by atoms with Crippen LogP contribution in [0.15, 0.2) is 24.3 Å². The van der Waals surface area contributed by atoms with Gasteiger partial charge in [0.15, 0.2) is 0 Å². The van der Waals surface area contributed by atoms with Crippen molar-refractivity contribution in [2.45, 2.75) is 45.8 Å². The average molecular weight is 454 g/mol. The number of piperidine rings is 1. The molecule has 31 heavy (non-hydrogen) atoms. The van der Waals surface area contributed by atoms with E-state index in [1.807, 2.05) is 39.8 Å². The van der Waals surface area contributed by atoms with Crippen LogP contribution in [0.2, 0.25) is 5.02 Å². The predicted molar refractivity (Wildman–Crippen MR) is 118 cm³/mol. The van der Waals surface area contributed by atoms with Crippen molar-refractivity contribution in [1.82, 2.24) is 15.5 Å². The number of carbonyl (C=O) groups is 3. The Morgan fingerprint density at radius 2 is 1.84 bits per heavy atom. The fourth-order valence-corrected chi connectivity index (χ4v) is 4.06. The van der Waals surface area contributed by atoms with Crippen LogP contribution in [0.1, 0.15) is 39.7 Å². The van der Waals surface area contributed by atoms with Gasteiger partial charge in [-0.1, -0.05) is 51.4 Å². The number of likely N-dealkylation sites (tertiary alicyclic amines) is 1. The molecule has 1 fully saturated rings. The lowest BCUT2D eigenvalue weighted by atomic mass is 9.66. The van der Waals surface area contributed by atoms with Gasteiger partial charge in [-0.25, -0.2) is 4.79 Å². The number of nitrogens with zero attached hydrogens (tertiary/aromatic N) is 1. The summed E-state index contributed by atoms with van der Waals surface area (Å²) < 4.78 is 4.44. The van der Waals surface area contributed by atoms with Crippen molar-refractivity contribution >= 4 is 29.5 Å². The first-order valence-electron chi connectivity index (χ1n) is 10.3. The fourth-order valence-electron chi connectivity index (χ4n) is 3.93. The van der Waals surface area contributed by atoms with Crippen molar-refractivity contribution in [2.75, 3.05) is 26.7 Å². The number of aliphatic hydroxyl groups is 1. The molecule has 1 aromatic carbocycles. The fraction of sp³-hybridized carbons (Fsp3) is 0.591. The van der Waals surface area contributed by atoms with E-state index in [-0.39, 0.29) is 18.4 Å². The van der Waals surface area contributed by atoms with Crippen molar-refractivity contribution in [3.8, 4) is 0 Å². The molecule has 1 aromatic rings. The number of amides is 3. The predicted octanol–water partition coefficient (Wildman–Crippen LogP) is 2.28. The summed E-state index contributed by atoms with van der Waals surface area (Å²) in [7, 11) is 1.21. The van der Waals surface area contributed by atoms with E-state index in [4.69, 9.17) is 11.6 Å². The average Bonchev–Trinajstić information content (AvgIpc) is 2.71. The Morgan fingerprint density at radius 1 is 1.23 bits per heavy atom. The maximum atomic E-state index is 13.2. The zero-order chi connectivity index (χ0) is 23.4. The maximum Gasteiger partial charge on any atom is 0.407 e. The number of benzene rings is 1. The number of halogens is 1. The van der Waals surface area contributed by atoms with Crippen LogP contribution in [0, 0.1) is 11.3 Å². The Bertz CT molecular complexity index is 812. The number of methoxy groups -OCH3 is 1. The molecule has 1 heterocycles. The number of nitrogens with one attached hydrogen (secondary N) is 2. The van der Waals surface area contributed by atoms with Gasteiger partial charge in [0, 0.05) is 23.5 Å². The van der Waals surface area contributed by atoms with Crippen LogP contribution in [0.25, 0.3) is 0 Å². The highest BCUT2D eigenvalue weighted by atomic mass is 35.5. The van der Waals surface area contributed by atoms with Gasteiger partial charge in [0.1, 0.15) is 12.6 Å². The van der Waals surface area contributed by atoms with Crippen molar-refractivity contribution in [3.63, 3.8) is 0 Å². The molecule has 0 bridgehead atoms. The van der Waals surface area contributed by atoms with Crippen LogP contribution in [0.5, 0.6) is 0 Å². The largest absolute Gasteiger partial charge is 0.453 e. The van der Waals surface area contributed by atoms with Gasteiger partial charge in [-0.05, 0) is 30.0 Å². The number of carbonyl (C=O) groups excluding carboxylic acids is 3. The van der Waals surface area contributed by atoms with E-state index in [9.17, 15) is 19.5 Å². The highest BCUT2D eigenvalue weighted by Gasteiger charge is 2.50. The van der Waals surface area contributed by atoms with Crippen LogP contribution in [-0.2, 0) is 19.9 Å². The first kappa shape index (κ1) is 24.9. The number of hydrogen-bond acceptors (Lipinski definition) is 5. The number of ether oxygens (including phenoxy) is 1. The standard InChI is InChI=1S/C22H32ClN3O5/c1-14(2)18(25-17(27)12-24-20(29)31-5)19(28)26-11-10-22(30,21(3,4)13-26)15-6-8-16(23)9-7-15/h6-9,14,18,30H,10-13H2,1-5H3,(H,24,29)(H,25,27)/t18-,22+/m1/s1. The molecular weight excluding hydrogens is 422 g/mol. The molecule has 3 amide bonds. The molecule has 3 N–H and O–H groups in total. The van der Waals surface area contributed by atoms with Crippen molar-refractivity contribution in [2.24, 2.45) is 11.3 Å². The van der Waals surface area contributed by atoms with E-state index in [0.29, 0.717) is 24.5 Å². The molecule has 0 unspecified atom stereocenters. The SMILES string of the molecule is COC(=O)NCC(=O)N[C@@H](C(=O)N1CC[C@](O)(c2ccc(Cl)cc2)C(C)(C)C1)C(C)C. The molecule has 0 spiro atoms. The van der Waals surface area contributed by atoms with E-state index in [1.165, 1.54) is 7.11 Å². The minimum Gasteiger partial charge on any atom is -0.453 e. The van der Waals surface area contributed by atoms with Crippen molar-refractivity contribution < 1.29 is 24.2 Å². The lowest BCUT2D eigenvalue weighted by Crippen LogP contribution is -2.61. The summed E-state index contributed by atoms with van der Waals surface area (Å²) in [5.41, 5.74) is -0.987. The summed E-state index contributed by atoms with van der Waals surface area (Å²) in [5, 5.41) is 17.1. The third-order valence-corrected chi connectivity index (χ3v) is 6.16. The molecule has 0 saturated carbocycles. The molecule has 1 saturated heterocycles. The lowest BCUT2D eigenvalue weighted by Gasteiger charge is -2.51.